The molecule has 0 amide bonds. The first-order valence-electron chi connectivity index (χ1n) is 5.71. The van der Waals surface area contributed by atoms with Crippen LogP contribution in [0.3, 0.4) is 0 Å². The van der Waals surface area contributed by atoms with E-state index in [0.29, 0.717) is 0 Å². The molecule has 0 aromatic carbocycles. The summed E-state index contributed by atoms with van der Waals surface area (Å²) >= 11 is 0. The third-order valence-corrected chi connectivity index (χ3v) is 3.64. The van der Waals surface area contributed by atoms with Gasteiger partial charge in [0, 0.05) is 17.7 Å². The minimum atomic E-state index is -0.179. The number of H-pyrrole nitrogens is 1. The van der Waals surface area contributed by atoms with Crippen molar-refractivity contribution in [1.82, 2.24) is 9.97 Å². The molecule has 16 heavy (non-hydrogen) atoms. The van der Waals surface area contributed by atoms with E-state index in [-0.39, 0.29) is 5.54 Å². The Balaban J connectivity index is 1.90. The van der Waals surface area contributed by atoms with E-state index in [0.717, 1.165) is 48.5 Å². The highest BCUT2D eigenvalue weighted by Crippen LogP contribution is 2.43. The Morgan fingerprint density at radius 1 is 1.38 bits per heavy atom. The van der Waals surface area contributed by atoms with Gasteiger partial charge in [0.15, 0.2) is 0 Å². The predicted molar refractivity (Wildman–Crippen MR) is 58.8 cm³/mol. The summed E-state index contributed by atoms with van der Waals surface area (Å²) in [4.78, 5) is 8.05. The summed E-state index contributed by atoms with van der Waals surface area (Å²) in [5.74, 6) is 2.00. The zero-order chi connectivity index (χ0) is 10.8. The predicted octanol–water partition coefficient (Wildman–Crippen LogP) is 1.72. The molecule has 2 heterocycles. The molecule has 4 heteroatoms. The van der Waals surface area contributed by atoms with Crippen molar-refractivity contribution in [3.63, 3.8) is 0 Å². The van der Waals surface area contributed by atoms with E-state index in [9.17, 15) is 0 Å². The monoisotopic (exact) mass is 215 g/mol. The summed E-state index contributed by atoms with van der Waals surface area (Å²) in [6.45, 7) is 0. The lowest BCUT2D eigenvalue weighted by molar-refractivity contribution is 0.506. The highest BCUT2D eigenvalue weighted by Gasteiger charge is 2.43. The lowest BCUT2D eigenvalue weighted by atomic mass is 10.00. The number of furan rings is 1. The number of nitrogens with one attached hydrogen (secondary N) is 1. The van der Waals surface area contributed by atoms with Gasteiger partial charge in [0.05, 0.1) is 17.5 Å². The molecule has 0 aliphatic heterocycles. The molecule has 2 aromatic heterocycles. The van der Waals surface area contributed by atoms with Gasteiger partial charge in [-0.25, -0.2) is 4.98 Å². The zero-order valence-electron chi connectivity index (χ0n) is 8.92. The molecule has 1 fully saturated rings. The molecular weight excluding hydrogens is 202 g/mol. The van der Waals surface area contributed by atoms with Gasteiger partial charge in [-0.15, -0.1) is 0 Å². The second-order valence-corrected chi connectivity index (χ2v) is 4.83. The third-order valence-electron chi connectivity index (χ3n) is 3.64. The number of aromatic nitrogens is 2. The van der Waals surface area contributed by atoms with Crippen molar-refractivity contribution in [3.05, 3.63) is 29.6 Å². The highest BCUT2D eigenvalue weighted by atomic mass is 16.3. The topological polar surface area (TPSA) is 67.8 Å². The van der Waals surface area contributed by atoms with Crippen molar-refractivity contribution in [2.75, 3.05) is 0 Å². The number of imidazole rings is 1. The van der Waals surface area contributed by atoms with Gasteiger partial charge < -0.3 is 15.1 Å². The zero-order valence-corrected chi connectivity index (χ0v) is 8.92. The number of hydrogen-bond donors (Lipinski definition) is 2. The molecule has 0 bridgehead atoms. The molecule has 0 spiro atoms. The van der Waals surface area contributed by atoms with Crippen molar-refractivity contribution in [1.29, 1.82) is 0 Å². The Labute approximate surface area is 92.9 Å². The van der Waals surface area contributed by atoms with Crippen molar-refractivity contribution in [3.8, 4) is 11.3 Å². The van der Waals surface area contributed by atoms with Gasteiger partial charge >= 0.3 is 0 Å². The maximum absolute atomic E-state index is 6.16. The molecule has 4 nitrogen and oxygen atoms in total. The van der Waals surface area contributed by atoms with E-state index in [1.807, 2.05) is 6.07 Å². The van der Waals surface area contributed by atoms with Crippen LogP contribution < -0.4 is 5.73 Å². The largest absolute Gasteiger partial charge is 0.469 e. The highest BCUT2D eigenvalue weighted by molar-refractivity contribution is 5.66. The molecule has 2 aliphatic carbocycles. The van der Waals surface area contributed by atoms with Gasteiger partial charge in [-0.3, -0.25) is 0 Å². The molecule has 4 rings (SSSR count). The summed E-state index contributed by atoms with van der Waals surface area (Å²) in [7, 11) is 0. The number of hydrogen-bond acceptors (Lipinski definition) is 3. The summed E-state index contributed by atoms with van der Waals surface area (Å²) in [6.07, 6.45) is 5.74. The van der Waals surface area contributed by atoms with E-state index >= 15 is 0 Å². The first-order valence-corrected chi connectivity index (χ1v) is 5.71. The van der Waals surface area contributed by atoms with Gasteiger partial charge in [0.2, 0.25) is 0 Å². The number of nitrogens with zero attached hydrogens (tertiary/aromatic N) is 1. The minimum absolute atomic E-state index is 0.179. The Kier molecular flexibility index (Phi) is 1.38. The van der Waals surface area contributed by atoms with Crippen LogP contribution in [0.2, 0.25) is 0 Å². The standard InChI is InChI=1S/C12H13N3O/c13-12(4-5-12)11-14-8-1-2-9-7(3-6-16-9)10(8)15-11/h3,6H,1-2,4-5,13H2,(H,14,15). The van der Waals surface area contributed by atoms with Gasteiger partial charge in [-0.1, -0.05) is 0 Å². The fraction of sp³-hybridized carbons (Fsp3) is 0.417. The van der Waals surface area contributed by atoms with Crippen molar-refractivity contribution in [2.45, 2.75) is 31.2 Å². The Hall–Kier alpha value is -1.55. The van der Waals surface area contributed by atoms with E-state index in [4.69, 9.17) is 10.2 Å². The molecular formula is C12H13N3O. The normalized spacial score (nSPS) is 20.3. The molecule has 0 atom stereocenters. The van der Waals surface area contributed by atoms with Crippen LogP contribution in [-0.4, -0.2) is 9.97 Å². The van der Waals surface area contributed by atoms with Crippen LogP contribution in [0.15, 0.2) is 16.7 Å². The second kappa shape index (κ2) is 2.58. The molecule has 2 aromatic rings. The van der Waals surface area contributed by atoms with Gasteiger partial charge in [-0.05, 0) is 25.3 Å². The third kappa shape index (κ3) is 0.998. The van der Waals surface area contributed by atoms with Crippen LogP contribution in [0, 0.1) is 0 Å². The van der Waals surface area contributed by atoms with Crippen LogP contribution in [0.25, 0.3) is 11.3 Å². The van der Waals surface area contributed by atoms with E-state index < -0.39 is 0 Å². The van der Waals surface area contributed by atoms with E-state index in [1.165, 1.54) is 5.69 Å². The van der Waals surface area contributed by atoms with Crippen LogP contribution in [0.1, 0.15) is 30.1 Å². The second-order valence-electron chi connectivity index (χ2n) is 4.83. The number of nitrogens with two attached hydrogens (primary N) is 1. The van der Waals surface area contributed by atoms with E-state index in [1.54, 1.807) is 6.26 Å². The first-order chi connectivity index (χ1) is 7.76. The van der Waals surface area contributed by atoms with Crippen molar-refractivity contribution in [2.24, 2.45) is 5.73 Å². The van der Waals surface area contributed by atoms with Crippen LogP contribution in [0.5, 0.6) is 0 Å². The maximum Gasteiger partial charge on any atom is 0.127 e. The quantitative estimate of drug-likeness (QED) is 0.761. The first kappa shape index (κ1) is 8.58. The van der Waals surface area contributed by atoms with Crippen molar-refractivity contribution >= 4 is 0 Å². The van der Waals surface area contributed by atoms with Crippen LogP contribution in [-0.2, 0) is 18.4 Å². The summed E-state index contributed by atoms with van der Waals surface area (Å²) < 4.78 is 5.44. The van der Waals surface area contributed by atoms with Gasteiger partial charge in [0.25, 0.3) is 0 Å². The number of rotatable bonds is 1. The molecule has 2 aliphatic rings. The Morgan fingerprint density at radius 2 is 2.25 bits per heavy atom. The Bertz CT molecular complexity index is 563. The number of aromatic amines is 1. The molecule has 3 N–H and O–H groups in total. The van der Waals surface area contributed by atoms with Gasteiger partial charge in [-0.2, -0.15) is 0 Å². The summed E-state index contributed by atoms with van der Waals surface area (Å²) in [6, 6.07) is 1.99. The molecule has 0 radical (unpaired) electrons. The molecule has 0 unspecified atom stereocenters. The summed E-state index contributed by atoms with van der Waals surface area (Å²) in [5, 5.41) is 0. The van der Waals surface area contributed by atoms with Crippen LogP contribution >= 0.6 is 0 Å². The van der Waals surface area contributed by atoms with Crippen LogP contribution in [0.4, 0.5) is 0 Å². The van der Waals surface area contributed by atoms with E-state index in [2.05, 4.69) is 9.97 Å². The lowest BCUT2D eigenvalue weighted by Gasteiger charge is -2.08. The smallest absolute Gasteiger partial charge is 0.127 e. The molecule has 82 valence electrons. The summed E-state index contributed by atoms with van der Waals surface area (Å²) in [5.41, 5.74) is 9.36. The average molecular weight is 215 g/mol. The Morgan fingerprint density at radius 3 is 3.06 bits per heavy atom. The maximum atomic E-state index is 6.16. The fourth-order valence-corrected chi connectivity index (χ4v) is 2.40. The molecule has 1 saturated carbocycles. The lowest BCUT2D eigenvalue weighted by Crippen LogP contribution is -2.20. The SMILES string of the molecule is NC1(c2nc3c([nH]2)CCc2occc2-3)CC1. The van der Waals surface area contributed by atoms with Crippen molar-refractivity contribution < 1.29 is 4.42 Å². The fourth-order valence-electron chi connectivity index (χ4n) is 2.40. The van der Waals surface area contributed by atoms with Gasteiger partial charge in [0.1, 0.15) is 11.6 Å². The number of aryl methyl sites for hydroxylation is 2. The number of fused-ring (bicyclic) bond motifs is 3. The minimum Gasteiger partial charge on any atom is -0.469 e. The molecule has 0 saturated heterocycles. The average Bonchev–Trinajstić information content (AvgIpc) is 2.78.